The van der Waals surface area contributed by atoms with Gasteiger partial charge in [0, 0.05) is 37.5 Å². The second kappa shape index (κ2) is 9.09. The van der Waals surface area contributed by atoms with Crippen LogP contribution in [-0.2, 0) is 30.3 Å². The lowest BCUT2D eigenvalue weighted by Gasteiger charge is -2.38. The zero-order valence-corrected chi connectivity index (χ0v) is 20.0. The molecule has 2 aliphatic heterocycles. The Morgan fingerprint density at radius 2 is 1.03 bits per heavy atom. The van der Waals surface area contributed by atoms with Gasteiger partial charge in [0.2, 0.25) is 0 Å². The van der Waals surface area contributed by atoms with E-state index in [1.807, 2.05) is 48.6 Å². The first kappa shape index (κ1) is 22.9. The van der Waals surface area contributed by atoms with Crippen molar-refractivity contribution < 1.29 is 19.1 Å². The predicted octanol–water partition coefficient (Wildman–Crippen LogP) is 5.68. The van der Waals surface area contributed by atoms with Crippen LogP contribution in [0.3, 0.4) is 0 Å². The van der Waals surface area contributed by atoms with Gasteiger partial charge in [-0.25, -0.2) is 0 Å². The minimum Gasteiger partial charge on any atom is -0.370 e. The maximum absolute atomic E-state index is 11.4. The molecule has 176 valence electrons. The highest BCUT2D eigenvalue weighted by Gasteiger charge is 2.40. The van der Waals surface area contributed by atoms with Crippen molar-refractivity contribution >= 4 is 11.6 Å². The van der Waals surface area contributed by atoms with Gasteiger partial charge in [0.1, 0.15) is 0 Å². The topological polar surface area (TPSA) is 52.6 Å². The first-order valence-electron chi connectivity index (χ1n) is 12.2. The van der Waals surface area contributed by atoms with Gasteiger partial charge in [-0.1, -0.05) is 71.8 Å². The normalized spacial score (nSPS) is 32.2. The molecular weight excluding hydrogens is 424 g/mol. The molecule has 2 heterocycles. The summed E-state index contributed by atoms with van der Waals surface area (Å²) in [6.07, 6.45) is 6.62. The van der Waals surface area contributed by atoms with Crippen molar-refractivity contribution in [3.63, 3.8) is 0 Å². The Hall–Kier alpha value is -2.82. The van der Waals surface area contributed by atoms with Crippen LogP contribution in [0.15, 0.2) is 84.0 Å². The molecule has 4 heteroatoms. The van der Waals surface area contributed by atoms with Crippen molar-refractivity contribution in [1.29, 1.82) is 0 Å². The highest BCUT2D eigenvalue weighted by atomic mass is 16.5. The van der Waals surface area contributed by atoms with E-state index in [-0.39, 0.29) is 22.8 Å². The molecule has 2 aromatic carbocycles. The summed E-state index contributed by atoms with van der Waals surface area (Å²) in [5.41, 5.74) is 4.39. The zero-order chi connectivity index (χ0) is 23.8. The van der Waals surface area contributed by atoms with Gasteiger partial charge >= 0.3 is 0 Å². The number of rotatable bonds is 2. The molecule has 2 fully saturated rings. The lowest BCUT2D eigenvalue weighted by Crippen LogP contribution is -2.34. The van der Waals surface area contributed by atoms with E-state index in [0.717, 1.165) is 12.8 Å². The van der Waals surface area contributed by atoms with Gasteiger partial charge in [0.05, 0.1) is 24.4 Å². The summed E-state index contributed by atoms with van der Waals surface area (Å²) in [4.78, 5) is 22.9. The van der Waals surface area contributed by atoms with E-state index in [9.17, 15) is 9.59 Å². The van der Waals surface area contributed by atoms with Crippen LogP contribution in [0, 0.1) is 11.8 Å². The number of benzene rings is 2. The number of hydrogen-bond acceptors (Lipinski definition) is 4. The van der Waals surface area contributed by atoms with Crippen molar-refractivity contribution in [2.24, 2.45) is 11.8 Å². The summed E-state index contributed by atoms with van der Waals surface area (Å²) < 4.78 is 12.0. The summed E-state index contributed by atoms with van der Waals surface area (Å²) in [6.45, 7) is 5.57. The van der Waals surface area contributed by atoms with Gasteiger partial charge < -0.3 is 9.47 Å². The Bertz CT molecular complexity index is 1040. The Morgan fingerprint density at radius 3 is 1.41 bits per heavy atom. The molecule has 0 N–H and O–H groups in total. The number of fused-ring (bicyclic) bond motifs is 2. The number of carbonyl (C=O) groups excluding carboxylic acids is 2. The summed E-state index contributed by atoms with van der Waals surface area (Å²) in [5, 5.41) is 0. The summed E-state index contributed by atoms with van der Waals surface area (Å²) >= 11 is 0. The second-order valence-electron chi connectivity index (χ2n) is 10.3. The monoisotopic (exact) mass is 456 g/mol. The fraction of sp³-hybridized carbons (Fsp3) is 0.400. The highest BCUT2D eigenvalue weighted by molar-refractivity contribution is 5.94. The molecule has 0 bridgehead atoms. The van der Waals surface area contributed by atoms with E-state index in [1.165, 1.54) is 22.3 Å². The Labute approximate surface area is 201 Å². The molecule has 2 aliphatic carbocycles. The average molecular weight is 457 g/mol. The molecule has 6 rings (SSSR count). The number of ketones is 2. The molecule has 4 atom stereocenters. The molecule has 0 radical (unpaired) electrons. The molecule has 4 aliphatic rings. The maximum Gasteiger partial charge on any atom is 0.156 e. The van der Waals surface area contributed by atoms with Gasteiger partial charge in [-0.2, -0.15) is 0 Å². The summed E-state index contributed by atoms with van der Waals surface area (Å²) in [7, 11) is 0. The van der Waals surface area contributed by atoms with Crippen LogP contribution in [0.25, 0.3) is 0 Å². The average Bonchev–Trinajstić information content (AvgIpc) is 3.40. The van der Waals surface area contributed by atoms with Crippen LogP contribution < -0.4 is 0 Å². The zero-order valence-electron chi connectivity index (χ0n) is 20.0. The Morgan fingerprint density at radius 1 is 0.647 bits per heavy atom. The third-order valence-corrected chi connectivity index (χ3v) is 7.69. The van der Waals surface area contributed by atoms with E-state index in [0.29, 0.717) is 37.9 Å². The van der Waals surface area contributed by atoms with Crippen molar-refractivity contribution in [3.05, 3.63) is 95.1 Å². The molecule has 0 saturated carbocycles. The standard InChI is InChI=1S/2C15H16O2/c2*1-15(13-5-3-2-4-6-13)9-11-7-14(16)8-12(11)10-17-15/h2*2-7,12H,8-10H2,1H3/t2*12-,15+/m00/s1. The first-order chi connectivity index (χ1) is 16.3. The smallest absolute Gasteiger partial charge is 0.156 e. The van der Waals surface area contributed by atoms with Crippen molar-refractivity contribution in [2.75, 3.05) is 13.2 Å². The molecule has 2 saturated heterocycles. The van der Waals surface area contributed by atoms with Crippen molar-refractivity contribution in [2.45, 2.75) is 50.7 Å². The molecule has 0 amide bonds. The second-order valence-corrected chi connectivity index (χ2v) is 10.3. The Kier molecular flexibility index (Phi) is 6.13. The fourth-order valence-electron chi connectivity index (χ4n) is 5.64. The van der Waals surface area contributed by atoms with Gasteiger partial charge in [0.15, 0.2) is 11.6 Å². The molecule has 0 unspecified atom stereocenters. The van der Waals surface area contributed by atoms with E-state index in [1.54, 1.807) is 0 Å². The summed E-state index contributed by atoms with van der Waals surface area (Å²) in [6, 6.07) is 20.5. The molecule has 0 aromatic heterocycles. The van der Waals surface area contributed by atoms with Gasteiger partial charge in [-0.3, -0.25) is 9.59 Å². The van der Waals surface area contributed by atoms with Gasteiger partial charge in [0.25, 0.3) is 0 Å². The number of hydrogen-bond donors (Lipinski definition) is 0. The lowest BCUT2D eigenvalue weighted by molar-refractivity contribution is -0.116. The minimum atomic E-state index is -0.270. The summed E-state index contributed by atoms with van der Waals surface area (Å²) in [5.74, 6) is 1.18. The molecule has 4 nitrogen and oxygen atoms in total. The fourth-order valence-corrected chi connectivity index (χ4v) is 5.64. The molecule has 0 spiro atoms. The van der Waals surface area contributed by atoms with E-state index >= 15 is 0 Å². The van der Waals surface area contributed by atoms with Crippen LogP contribution in [0.2, 0.25) is 0 Å². The number of carbonyl (C=O) groups is 2. The molecule has 2 aromatic rings. The largest absolute Gasteiger partial charge is 0.370 e. The maximum atomic E-state index is 11.4. The van der Waals surface area contributed by atoms with Crippen LogP contribution in [0.4, 0.5) is 0 Å². The van der Waals surface area contributed by atoms with Crippen LogP contribution in [0.1, 0.15) is 50.7 Å². The Balaban J connectivity index is 0.000000142. The number of allylic oxidation sites excluding steroid dienone is 2. The third kappa shape index (κ3) is 4.57. The predicted molar refractivity (Wildman–Crippen MR) is 131 cm³/mol. The van der Waals surface area contributed by atoms with Gasteiger partial charge in [-0.05, 0) is 37.1 Å². The molecule has 34 heavy (non-hydrogen) atoms. The first-order valence-corrected chi connectivity index (χ1v) is 12.2. The van der Waals surface area contributed by atoms with E-state index < -0.39 is 0 Å². The highest BCUT2D eigenvalue weighted by Crippen LogP contribution is 2.44. The van der Waals surface area contributed by atoms with Crippen LogP contribution in [-0.4, -0.2) is 24.8 Å². The van der Waals surface area contributed by atoms with Crippen LogP contribution in [0.5, 0.6) is 0 Å². The quantitative estimate of drug-likeness (QED) is 0.584. The van der Waals surface area contributed by atoms with Gasteiger partial charge in [-0.15, -0.1) is 0 Å². The SMILES string of the molecule is C[C@]1(c2ccccc2)CC2=CC(=O)C[C@H]2CO1.C[C@]1(c2ccccc2)CC2=CC(=O)C[C@H]2CO1. The molecular formula is C30H32O4. The van der Waals surface area contributed by atoms with Crippen LogP contribution >= 0.6 is 0 Å². The van der Waals surface area contributed by atoms with E-state index in [4.69, 9.17) is 9.47 Å². The van der Waals surface area contributed by atoms with E-state index in [2.05, 4.69) is 38.1 Å². The van der Waals surface area contributed by atoms with Crippen molar-refractivity contribution in [1.82, 2.24) is 0 Å². The third-order valence-electron chi connectivity index (χ3n) is 7.69. The number of ether oxygens (including phenoxy) is 2. The minimum absolute atomic E-state index is 0.255. The van der Waals surface area contributed by atoms with Crippen molar-refractivity contribution in [3.8, 4) is 0 Å². The lowest BCUT2D eigenvalue weighted by atomic mass is 9.82.